The molecule has 1 fully saturated rings. The number of anilines is 1. The molecule has 1 unspecified atom stereocenters. The molecule has 4 heteroatoms. The van der Waals surface area contributed by atoms with E-state index in [-0.39, 0.29) is 12.7 Å². The van der Waals surface area contributed by atoms with Crippen LogP contribution in [0.25, 0.3) is 0 Å². The summed E-state index contributed by atoms with van der Waals surface area (Å²) in [7, 11) is 0. The Morgan fingerprint density at radius 1 is 1.15 bits per heavy atom. The summed E-state index contributed by atoms with van der Waals surface area (Å²) in [6.07, 6.45) is 1.45. The molecule has 2 rings (SSSR count). The molecule has 1 heterocycles. The largest absolute Gasteiger partial charge is 0.395 e. The summed E-state index contributed by atoms with van der Waals surface area (Å²) in [5, 5.41) is 19.2. The highest BCUT2D eigenvalue weighted by molar-refractivity contribution is 5.54. The fraction of sp³-hybridized carbons (Fsp3) is 0.625. The first-order valence-corrected chi connectivity index (χ1v) is 7.61. The maximum absolute atomic E-state index is 10.2. The number of β-amino-alcohol motifs (C(OH)–C–C–N with tert-alkyl or cyclic N) is 1. The van der Waals surface area contributed by atoms with E-state index in [1.54, 1.807) is 0 Å². The second kappa shape index (κ2) is 7.62. The molecule has 0 saturated carbocycles. The van der Waals surface area contributed by atoms with Crippen molar-refractivity contribution in [3.05, 3.63) is 29.8 Å². The molecule has 1 atom stereocenters. The number of para-hydroxylation sites is 1. The van der Waals surface area contributed by atoms with Gasteiger partial charge in [-0.25, -0.2) is 0 Å². The highest BCUT2D eigenvalue weighted by atomic mass is 16.3. The van der Waals surface area contributed by atoms with Crippen LogP contribution >= 0.6 is 0 Å². The fourth-order valence-corrected chi connectivity index (χ4v) is 2.85. The topological polar surface area (TPSA) is 46.9 Å². The Morgan fingerprint density at radius 2 is 1.95 bits per heavy atom. The number of hydrogen-bond donors (Lipinski definition) is 2. The lowest BCUT2D eigenvalue weighted by Gasteiger charge is -2.27. The van der Waals surface area contributed by atoms with Gasteiger partial charge in [-0.3, -0.25) is 4.90 Å². The van der Waals surface area contributed by atoms with E-state index >= 15 is 0 Å². The molecule has 4 nitrogen and oxygen atoms in total. The molecule has 2 N–H and O–H groups in total. The Morgan fingerprint density at radius 3 is 2.70 bits per heavy atom. The number of aliphatic hydroxyl groups excluding tert-OH is 2. The lowest BCUT2D eigenvalue weighted by molar-refractivity contribution is 0.174. The quantitative estimate of drug-likeness (QED) is 0.859. The minimum absolute atomic E-state index is 0.227. The SMILES string of the molecule is CCC(O)c1ccccc1N1CCCN(CCO)CC1. The van der Waals surface area contributed by atoms with Crippen molar-refractivity contribution in [2.45, 2.75) is 25.9 Å². The summed E-state index contributed by atoms with van der Waals surface area (Å²) in [4.78, 5) is 4.67. The molecule has 1 aromatic rings. The Kier molecular flexibility index (Phi) is 5.83. The Balaban J connectivity index is 2.11. The van der Waals surface area contributed by atoms with Gasteiger partial charge in [-0.2, -0.15) is 0 Å². The first kappa shape index (κ1) is 15.3. The zero-order valence-electron chi connectivity index (χ0n) is 12.3. The van der Waals surface area contributed by atoms with E-state index in [1.165, 1.54) is 0 Å². The van der Waals surface area contributed by atoms with Gasteiger partial charge in [0.2, 0.25) is 0 Å². The van der Waals surface area contributed by atoms with Crippen molar-refractivity contribution >= 4 is 5.69 Å². The Hall–Kier alpha value is -1.10. The molecule has 1 aliphatic heterocycles. The molecule has 1 aliphatic rings. The summed E-state index contributed by atoms with van der Waals surface area (Å²) in [6.45, 7) is 6.96. The molecule has 1 aromatic carbocycles. The molecule has 112 valence electrons. The monoisotopic (exact) mass is 278 g/mol. The van der Waals surface area contributed by atoms with Gasteiger partial charge >= 0.3 is 0 Å². The fourth-order valence-electron chi connectivity index (χ4n) is 2.85. The summed E-state index contributed by atoms with van der Waals surface area (Å²) < 4.78 is 0. The Labute approximate surface area is 121 Å². The maximum atomic E-state index is 10.2. The highest BCUT2D eigenvalue weighted by Gasteiger charge is 2.19. The number of nitrogens with zero attached hydrogens (tertiary/aromatic N) is 2. The molecule has 0 aromatic heterocycles. The van der Waals surface area contributed by atoms with Gasteiger partial charge in [0.15, 0.2) is 0 Å². The van der Waals surface area contributed by atoms with Gasteiger partial charge in [0.05, 0.1) is 12.7 Å². The van der Waals surface area contributed by atoms with Gasteiger partial charge in [0, 0.05) is 37.4 Å². The zero-order valence-corrected chi connectivity index (χ0v) is 12.3. The molecule has 20 heavy (non-hydrogen) atoms. The van der Waals surface area contributed by atoms with Gasteiger partial charge in [0.1, 0.15) is 0 Å². The number of hydrogen-bond acceptors (Lipinski definition) is 4. The number of benzene rings is 1. The van der Waals surface area contributed by atoms with Crippen LogP contribution in [-0.2, 0) is 0 Å². The van der Waals surface area contributed by atoms with Crippen LogP contribution in [0.3, 0.4) is 0 Å². The van der Waals surface area contributed by atoms with E-state index in [1.807, 2.05) is 25.1 Å². The number of rotatable bonds is 5. The predicted molar refractivity (Wildman–Crippen MR) is 82.0 cm³/mol. The van der Waals surface area contributed by atoms with E-state index in [9.17, 15) is 5.11 Å². The van der Waals surface area contributed by atoms with Crippen molar-refractivity contribution in [1.29, 1.82) is 0 Å². The van der Waals surface area contributed by atoms with Gasteiger partial charge in [-0.15, -0.1) is 0 Å². The molecule has 0 amide bonds. The van der Waals surface area contributed by atoms with Crippen molar-refractivity contribution in [2.24, 2.45) is 0 Å². The standard InChI is InChI=1S/C16H26N2O2/c1-2-16(20)14-6-3-4-7-15(14)18-9-5-8-17(10-11-18)12-13-19/h3-4,6-7,16,19-20H,2,5,8-13H2,1H3. The molecule has 0 radical (unpaired) electrons. The zero-order chi connectivity index (χ0) is 14.4. The van der Waals surface area contributed by atoms with Crippen LogP contribution in [0, 0.1) is 0 Å². The second-order valence-corrected chi connectivity index (χ2v) is 5.39. The van der Waals surface area contributed by atoms with E-state index in [2.05, 4.69) is 15.9 Å². The lowest BCUT2D eigenvalue weighted by Crippen LogP contribution is -2.32. The van der Waals surface area contributed by atoms with Crippen LogP contribution in [0.5, 0.6) is 0 Å². The van der Waals surface area contributed by atoms with Crippen LogP contribution in [-0.4, -0.2) is 54.4 Å². The van der Waals surface area contributed by atoms with Crippen molar-refractivity contribution in [1.82, 2.24) is 4.90 Å². The van der Waals surface area contributed by atoms with Crippen molar-refractivity contribution in [3.63, 3.8) is 0 Å². The third kappa shape index (κ3) is 3.72. The summed E-state index contributed by atoms with van der Waals surface area (Å²) in [6, 6.07) is 8.17. The summed E-state index contributed by atoms with van der Waals surface area (Å²) >= 11 is 0. The third-order valence-electron chi connectivity index (χ3n) is 4.03. The summed E-state index contributed by atoms with van der Waals surface area (Å²) in [5.41, 5.74) is 2.19. The highest BCUT2D eigenvalue weighted by Crippen LogP contribution is 2.28. The smallest absolute Gasteiger partial charge is 0.0807 e. The second-order valence-electron chi connectivity index (χ2n) is 5.39. The van der Waals surface area contributed by atoms with Crippen LogP contribution < -0.4 is 4.90 Å². The Bertz CT molecular complexity index is 411. The maximum Gasteiger partial charge on any atom is 0.0807 e. The van der Waals surface area contributed by atoms with Gasteiger partial charge in [-0.05, 0) is 25.5 Å². The summed E-state index contributed by atoms with van der Waals surface area (Å²) in [5.74, 6) is 0. The van der Waals surface area contributed by atoms with Crippen molar-refractivity contribution in [3.8, 4) is 0 Å². The van der Waals surface area contributed by atoms with Crippen molar-refractivity contribution in [2.75, 3.05) is 44.2 Å². The average Bonchev–Trinajstić information content (AvgIpc) is 2.72. The molecule has 0 spiro atoms. The van der Waals surface area contributed by atoms with Crippen LogP contribution in [0.15, 0.2) is 24.3 Å². The first-order valence-electron chi connectivity index (χ1n) is 7.61. The molecular weight excluding hydrogens is 252 g/mol. The van der Waals surface area contributed by atoms with Crippen LogP contribution in [0.2, 0.25) is 0 Å². The van der Waals surface area contributed by atoms with Gasteiger partial charge in [0.25, 0.3) is 0 Å². The molecule has 0 bridgehead atoms. The first-order chi connectivity index (χ1) is 9.76. The van der Waals surface area contributed by atoms with Crippen molar-refractivity contribution < 1.29 is 10.2 Å². The molecular formula is C16H26N2O2. The van der Waals surface area contributed by atoms with E-state index in [4.69, 9.17) is 5.11 Å². The van der Waals surface area contributed by atoms with Gasteiger partial charge in [-0.1, -0.05) is 25.1 Å². The lowest BCUT2D eigenvalue weighted by atomic mass is 10.0. The van der Waals surface area contributed by atoms with E-state index < -0.39 is 0 Å². The molecule has 1 saturated heterocycles. The average molecular weight is 278 g/mol. The minimum Gasteiger partial charge on any atom is -0.395 e. The normalized spacial score (nSPS) is 18.9. The van der Waals surface area contributed by atoms with Crippen LogP contribution in [0.4, 0.5) is 5.69 Å². The van der Waals surface area contributed by atoms with Crippen LogP contribution in [0.1, 0.15) is 31.4 Å². The van der Waals surface area contributed by atoms with Gasteiger partial charge < -0.3 is 15.1 Å². The minimum atomic E-state index is -0.386. The van der Waals surface area contributed by atoms with E-state index in [0.717, 1.165) is 56.8 Å². The third-order valence-corrected chi connectivity index (χ3v) is 4.03. The van der Waals surface area contributed by atoms with E-state index in [0.29, 0.717) is 0 Å². The number of aliphatic hydroxyl groups is 2. The molecule has 0 aliphatic carbocycles. The predicted octanol–water partition coefficient (Wildman–Crippen LogP) is 1.63.